The topological polar surface area (TPSA) is 50.7 Å². The van der Waals surface area contributed by atoms with E-state index in [2.05, 4.69) is 20.3 Å². The van der Waals surface area contributed by atoms with E-state index in [-0.39, 0.29) is 11.6 Å². The molecule has 0 saturated heterocycles. The number of aromatic nitrogens is 3. The zero-order valence-corrected chi connectivity index (χ0v) is 13.5. The average Bonchev–Trinajstić information content (AvgIpc) is 2.71. The van der Waals surface area contributed by atoms with Crippen LogP contribution in [0.5, 0.6) is 0 Å². The Balaban J connectivity index is 1.89. The lowest BCUT2D eigenvalue weighted by Gasteiger charge is -2.12. The molecule has 8 heteroatoms. The Bertz CT molecular complexity index is 1150. The molecule has 0 aliphatic carbocycles. The van der Waals surface area contributed by atoms with Crippen molar-refractivity contribution in [2.75, 3.05) is 5.32 Å². The number of rotatable bonds is 3. The number of pyridine rings is 1. The van der Waals surface area contributed by atoms with Gasteiger partial charge in [-0.2, -0.15) is 0 Å². The molecule has 1 N–H and O–H groups in total. The maximum atomic E-state index is 14.1. The van der Waals surface area contributed by atoms with Crippen LogP contribution >= 0.6 is 0 Å². The van der Waals surface area contributed by atoms with Crippen molar-refractivity contribution < 1.29 is 17.6 Å². The van der Waals surface area contributed by atoms with Gasteiger partial charge in [0, 0.05) is 29.4 Å². The van der Waals surface area contributed by atoms with Gasteiger partial charge in [-0.1, -0.05) is 12.1 Å². The second kappa shape index (κ2) is 6.64. The monoisotopic (exact) mass is 370 g/mol. The molecule has 0 amide bonds. The zero-order chi connectivity index (χ0) is 19.0. The lowest BCUT2D eigenvalue weighted by molar-refractivity contribution is 0.411. The number of fused-ring (bicyclic) bond motifs is 1. The highest BCUT2D eigenvalue weighted by molar-refractivity contribution is 5.92. The van der Waals surface area contributed by atoms with Gasteiger partial charge >= 0.3 is 0 Å². The summed E-state index contributed by atoms with van der Waals surface area (Å²) in [7, 11) is 0. The molecule has 4 rings (SSSR count). The Morgan fingerprint density at radius 2 is 1.63 bits per heavy atom. The second-order valence-corrected chi connectivity index (χ2v) is 5.63. The summed E-state index contributed by atoms with van der Waals surface area (Å²) in [6, 6.07) is 10.8. The lowest BCUT2D eigenvalue weighted by atomic mass is 10.2. The fourth-order valence-electron chi connectivity index (χ4n) is 2.59. The van der Waals surface area contributed by atoms with E-state index in [1.165, 1.54) is 0 Å². The minimum absolute atomic E-state index is 0.115. The van der Waals surface area contributed by atoms with E-state index in [0.717, 1.165) is 0 Å². The molecule has 0 aliphatic heterocycles. The molecule has 2 aromatic heterocycles. The van der Waals surface area contributed by atoms with Crippen LogP contribution in [0.15, 0.2) is 54.9 Å². The number of para-hydroxylation sites is 1. The first-order valence-corrected chi connectivity index (χ1v) is 7.82. The largest absolute Gasteiger partial charge is 0.337 e. The number of anilines is 2. The quantitative estimate of drug-likeness (QED) is 0.314. The molecule has 0 aliphatic rings. The van der Waals surface area contributed by atoms with Gasteiger partial charge in [0.1, 0.15) is 5.82 Å². The summed E-state index contributed by atoms with van der Waals surface area (Å²) in [6.45, 7) is 0. The van der Waals surface area contributed by atoms with Crippen LogP contribution in [0.2, 0.25) is 0 Å². The van der Waals surface area contributed by atoms with Gasteiger partial charge in [-0.15, -0.1) is 0 Å². The first-order chi connectivity index (χ1) is 13.0. The molecule has 0 radical (unpaired) electrons. The van der Waals surface area contributed by atoms with Gasteiger partial charge in [-0.25, -0.2) is 27.5 Å². The minimum atomic E-state index is -1.90. The highest BCUT2D eigenvalue weighted by atomic mass is 19.2. The smallest absolute Gasteiger partial charge is 0.199 e. The number of nitrogens with one attached hydrogen (secondary N) is 1. The second-order valence-electron chi connectivity index (χ2n) is 5.63. The normalized spacial score (nSPS) is 11.0. The van der Waals surface area contributed by atoms with E-state index in [0.29, 0.717) is 22.5 Å². The molecule has 27 heavy (non-hydrogen) atoms. The third-order valence-corrected chi connectivity index (χ3v) is 3.88. The van der Waals surface area contributed by atoms with Gasteiger partial charge in [0.15, 0.2) is 29.1 Å². The lowest BCUT2D eigenvalue weighted by Crippen LogP contribution is -2.04. The van der Waals surface area contributed by atoms with Crippen LogP contribution < -0.4 is 5.32 Å². The van der Waals surface area contributed by atoms with Crippen LogP contribution in [0, 0.1) is 23.3 Å². The maximum Gasteiger partial charge on any atom is 0.199 e. The summed E-state index contributed by atoms with van der Waals surface area (Å²) in [6.07, 6.45) is 3.13. The van der Waals surface area contributed by atoms with E-state index in [1.807, 2.05) is 0 Å². The number of halogens is 4. The minimum Gasteiger partial charge on any atom is -0.337 e. The molecule has 4 aromatic rings. The van der Waals surface area contributed by atoms with Crippen molar-refractivity contribution in [3.8, 4) is 11.4 Å². The van der Waals surface area contributed by atoms with E-state index in [1.54, 1.807) is 48.8 Å². The van der Waals surface area contributed by atoms with Crippen molar-refractivity contribution in [3.05, 3.63) is 78.1 Å². The van der Waals surface area contributed by atoms with Crippen LogP contribution in [-0.2, 0) is 0 Å². The molecule has 0 fully saturated rings. The Morgan fingerprint density at radius 1 is 0.815 bits per heavy atom. The molecule has 2 heterocycles. The predicted molar refractivity (Wildman–Crippen MR) is 92.3 cm³/mol. The number of hydrogen-bond acceptors (Lipinski definition) is 4. The average molecular weight is 370 g/mol. The van der Waals surface area contributed by atoms with Gasteiger partial charge < -0.3 is 5.32 Å². The molecule has 4 nitrogen and oxygen atoms in total. The molecule has 2 aromatic carbocycles. The van der Waals surface area contributed by atoms with Crippen molar-refractivity contribution in [1.29, 1.82) is 0 Å². The SMILES string of the molecule is Fc1cc(Nc2nc(-c3cccnc3)nc3ccccc23)c(F)c(F)c1F. The van der Waals surface area contributed by atoms with Crippen LogP contribution in [0.3, 0.4) is 0 Å². The first kappa shape index (κ1) is 16.9. The number of nitrogens with zero attached hydrogens (tertiary/aromatic N) is 3. The molecule has 0 saturated carbocycles. The van der Waals surface area contributed by atoms with E-state index >= 15 is 0 Å². The molecular formula is C19H10F4N4. The molecule has 0 atom stereocenters. The Kier molecular flexibility index (Phi) is 4.15. The fraction of sp³-hybridized carbons (Fsp3) is 0. The van der Waals surface area contributed by atoms with E-state index in [4.69, 9.17) is 0 Å². The van der Waals surface area contributed by atoms with Crippen LogP contribution in [0.25, 0.3) is 22.3 Å². The fourth-order valence-corrected chi connectivity index (χ4v) is 2.59. The van der Waals surface area contributed by atoms with Gasteiger partial charge in [-0.3, -0.25) is 4.98 Å². The van der Waals surface area contributed by atoms with E-state index < -0.39 is 29.0 Å². The van der Waals surface area contributed by atoms with Gasteiger partial charge in [0.05, 0.1) is 11.2 Å². The Hall–Kier alpha value is -3.55. The number of hydrogen-bond donors (Lipinski definition) is 1. The van der Waals surface area contributed by atoms with E-state index in [9.17, 15) is 17.6 Å². The third-order valence-electron chi connectivity index (χ3n) is 3.88. The third kappa shape index (κ3) is 3.05. The van der Waals surface area contributed by atoms with Crippen LogP contribution in [0.4, 0.5) is 29.1 Å². The zero-order valence-electron chi connectivity index (χ0n) is 13.5. The first-order valence-electron chi connectivity index (χ1n) is 7.82. The van der Waals surface area contributed by atoms with Crippen molar-refractivity contribution in [2.45, 2.75) is 0 Å². The summed E-state index contributed by atoms with van der Waals surface area (Å²) in [5.74, 6) is -6.43. The molecule has 0 spiro atoms. The molecular weight excluding hydrogens is 360 g/mol. The van der Waals surface area contributed by atoms with Crippen molar-refractivity contribution in [1.82, 2.24) is 15.0 Å². The highest BCUT2D eigenvalue weighted by Crippen LogP contribution is 2.30. The molecule has 0 unspecified atom stereocenters. The summed E-state index contributed by atoms with van der Waals surface area (Å²) in [4.78, 5) is 12.7. The summed E-state index contributed by atoms with van der Waals surface area (Å²) in [5, 5.41) is 3.04. The van der Waals surface area contributed by atoms with Crippen LogP contribution in [-0.4, -0.2) is 15.0 Å². The van der Waals surface area contributed by atoms with Gasteiger partial charge in [0.25, 0.3) is 0 Å². The molecule has 0 bridgehead atoms. The Labute approximate surface area is 150 Å². The molecule has 134 valence electrons. The van der Waals surface area contributed by atoms with Crippen molar-refractivity contribution in [2.24, 2.45) is 0 Å². The van der Waals surface area contributed by atoms with Gasteiger partial charge in [-0.05, 0) is 24.3 Å². The van der Waals surface area contributed by atoms with Gasteiger partial charge in [0.2, 0.25) is 0 Å². The van der Waals surface area contributed by atoms with Crippen molar-refractivity contribution in [3.63, 3.8) is 0 Å². The maximum absolute atomic E-state index is 14.1. The predicted octanol–water partition coefficient (Wildman–Crippen LogP) is 4.99. The summed E-state index contributed by atoms with van der Waals surface area (Å²) >= 11 is 0. The summed E-state index contributed by atoms with van der Waals surface area (Å²) in [5.41, 5.74) is 0.549. The van der Waals surface area contributed by atoms with Crippen LogP contribution in [0.1, 0.15) is 0 Å². The number of benzene rings is 2. The summed E-state index contributed by atoms with van der Waals surface area (Å²) < 4.78 is 54.3. The Morgan fingerprint density at radius 3 is 2.41 bits per heavy atom. The standard InChI is InChI=1S/C19H10F4N4/c20-12-8-14(16(22)17(23)15(12)21)26-19-11-5-1-2-6-13(11)25-18(27-19)10-4-3-7-24-9-10/h1-9H,(H,25,26,27). The highest BCUT2D eigenvalue weighted by Gasteiger charge is 2.20. The van der Waals surface area contributed by atoms with Crippen molar-refractivity contribution >= 4 is 22.4 Å².